The van der Waals surface area contributed by atoms with Crippen molar-refractivity contribution in [2.75, 3.05) is 25.9 Å². The predicted octanol–water partition coefficient (Wildman–Crippen LogP) is 3.17. The van der Waals surface area contributed by atoms with E-state index in [9.17, 15) is 0 Å². The van der Waals surface area contributed by atoms with Crippen molar-refractivity contribution in [3.8, 4) is 0 Å². The monoisotopic (exact) mass is 237 g/mol. The van der Waals surface area contributed by atoms with Gasteiger partial charge < -0.3 is 4.18 Å². The van der Waals surface area contributed by atoms with Crippen LogP contribution in [0.4, 0.5) is 0 Å². The molecule has 0 aromatic rings. The van der Waals surface area contributed by atoms with E-state index in [4.69, 9.17) is 4.18 Å². The summed E-state index contributed by atoms with van der Waals surface area (Å²) in [4.78, 5) is 2.37. The van der Waals surface area contributed by atoms with Crippen LogP contribution >= 0.6 is 12.0 Å². The minimum atomic E-state index is 0.929. The Morgan fingerprint density at radius 3 is 2.94 bits per heavy atom. The second-order valence-electron chi connectivity index (χ2n) is 3.59. The van der Waals surface area contributed by atoms with E-state index in [1.54, 1.807) is 6.08 Å². The van der Waals surface area contributed by atoms with Gasteiger partial charge in [0.1, 0.15) is 5.76 Å². The van der Waals surface area contributed by atoms with E-state index in [0.717, 1.165) is 31.8 Å². The lowest BCUT2D eigenvalue weighted by atomic mass is 10.1. The summed E-state index contributed by atoms with van der Waals surface area (Å²) in [6.07, 6.45) is 10.8. The molecule has 0 spiro atoms. The fraction of sp³-hybridized carbons (Fsp3) is 0.385. The first-order chi connectivity index (χ1) is 7.80. The lowest BCUT2D eigenvalue weighted by molar-refractivity contribution is 0.290. The third kappa shape index (κ3) is 4.29. The third-order valence-electron chi connectivity index (χ3n) is 2.44. The van der Waals surface area contributed by atoms with Crippen molar-refractivity contribution in [1.82, 2.24) is 4.90 Å². The van der Waals surface area contributed by atoms with Crippen molar-refractivity contribution in [2.45, 2.75) is 6.42 Å². The van der Waals surface area contributed by atoms with Crippen molar-refractivity contribution >= 4 is 12.0 Å². The van der Waals surface area contributed by atoms with Gasteiger partial charge in [0, 0.05) is 32.3 Å². The van der Waals surface area contributed by atoms with Gasteiger partial charge in [-0.05, 0) is 11.6 Å². The molecule has 0 N–H and O–H groups in total. The summed E-state index contributed by atoms with van der Waals surface area (Å²) in [5, 5.41) is 0. The molecular weight excluding hydrogens is 218 g/mol. The molecule has 1 heterocycles. The SMILES string of the molecule is C=C/C=C(\C=C)CN1CC=C(OSC)CC1. The lowest BCUT2D eigenvalue weighted by Crippen LogP contribution is -2.30. The minimum Gasteiger partial charge on any atom is -0.431 e. The molecule has 0 saturated carbocycles. The molecule has 1 aliphatic rings. The van der Waals surface area contributed by atoms with E-state index >= 15 is 0 Å². The molecule has 0 bridgehead atoms. The standard InChI is InChI=1S/C13H19NOS/c1-4-6-12(5-2)11-14-9-7-13(8-10-14)15-16-3/h4-7H,1-2,8-11H2,3H3/b12-6+. The fourth-order valence-electron chi connectivity index (χ4n) is 1.61. The Balaban J connectivity index is 2.45. The van der Waals surface area contributed by atoms with Crippen LogP contribution in [0.15, 0.2) is 48.8 Å². The molecule has 2 nitrogen and oxygen atoms in total. The van der Waals surface area contributed by atoms with Crippen LogP contribution in [0.25, 0.3) is 0 Å². The number of hydrogen-bond acceptors (Lipinski definition) is 3. The molecule has 0 atom stereocenters. The summed E-state index contributed by atoms with van der Waals surface area (Å²) in [7, 11) is 0. The second kappa shape index (κ2) is 7.36. The highest BCUT2D eigenvalue weighted by Gasteiger charge is 2.12. The first-order valence-electron chi connectivity index (χ1n) is 5.36. The summed E-state index contributed by atoms with van der Waals surface area (Å²) >= 11 is 1.41. The molecular formula is C13H19NOS. The van der Waals surface area contributed by atoms with Crippen molar-refractivity contribution < 1.29 is 4.18 Å². The molecule has 0 saturated heterocycles. The van der Waals surface area contributed by atoms with Gasteiger partial charge in [-0.3, -0.25) is 4.90 Å². The maximum atomic E-state index is 5.41. The summed E-state index contributed by atoms with van der Waals surface area (Å²) in [6, 6.07) is 0. The molecule has 3 heteroatoms. The van der Waals surface area contributed by atoms with Crippen molar-refractivity contribution in [2.24, 2.45) is 0 Å². The summed E-state index contributed by atoms with van der Waals surface area (Å²) in [5.74, 6) is 1.09. The van der Waals surface area contributed by atoms with E-state index in [0.29, 0.717) is 0 Å². The average Bonchev–Trinajstić information content (AvgIpc) is 2.31. The van der Waals surface area contributed by atoms with Crippen LogP contribution in [0.1, 0.15) is 6.42 Å². The minimum absolute atomic E-state index is 0.929. The summed E-state index contributed by atoms with van der Waals surface area (Å²) in [6.45, 7) is 10.4. The van der Waals surface area contributed by atoms with Gasteiger partial charge in [0.05, 0.1) is 12.0 Å². The largest absolute Gasteiger partial charge is 0.431 e. The first-order valence-corrected chi connectivity index (χ1v) is 6.51. The van der Waals surface area contributed by atoms with Gasteiger partial charge in [0.25, 0.3) is 0 Å². The highest BCUT2D eigenvalue weighted by molar-refractivity contribution is 7.94. The maximum Gasteiger partial charge on any atom is 0.113 e. The highest BCUT2D eigenvalue weighted by atomic mass is 32.2. The van der Waals surface area contributed by atoms with Gasteiger partial charge >= 0.3 is 0 Å². The van der Waals surface area contributed by atoms with Gasteiger partial charge in [-0.15, -0.1) is 0 Å². The Morgan fingerprint density at radius 2 is 2.44 bits per heavy atom. The van der Waals surface area contributed by atoms with Gasteiger partial charge in [-0.2, -0.15) is 0 Å². The summed E-state index contributed by atoms with van der Waals surface area (Å²) < 4.78 is 5.41. The van der Waals surface area contributed by atoms with Crippen molar-refractivity contribution in [3.63, 3.8) is 0 Å². The van der Waals surface area contributed by atoms with Crippen molar-refractivity contribution in [1.29, 1.82) is 0 Å². The van der Waals surface area contributed by atoms with E-state index in [1.165, 1.54) is 17.6 Å². The van der Waals surface area contributed by atoms with Crippen LogP contribution in [-0.2, 0) is 4.18 Å². The smallest absolute Gasteiger partial charge is 0.113 e. The van der Waals surface area contributed by atoms with Crippen LogP contribution in [0, 0.1) is 0 Å². The van der Waals surface area contributed by atoms with E-state index in [1.807, 2.05) is 18.4 Å². The van der Waals surface area contributed by atoms with E-state index in [2.05, 4.69) is 24.1 Å². The Bertz CT molecular complexity index is 307. The Hall–Kier alpha value is -0.930. The van der Waals surface area contributed by atoms with Gasteiger partial charge in [0.2, 0.25) is 0 Å². The second-order valence-corrected chi connectivity index (χ2v) is 4.09. The van der Waals surface area contributed by atoms with Crippen LogP contribution in [0.3, 0.4) is 0 Å². The molecule has 0 aromatic heterocycles. The molecule has 0 unspecified atom stereocenters. The number of allylic oxidation sites excluding steroid dienone is 2. The predicted molar refractivity (Wildman–Crippen MR) is 72.2 cm³/mol. The zero-order valence-electron chi connectivity index (χ0n) is 9.82. The zero-order chi connectivity index (χ0) is 11.8. The topological polar surface area (TPSA) is 12.5 Å². The Morgan fingerprint density at radius 1 is 1.62 bits per heavy atom. The van der Waals surface area contributed by atoms with Gasteiger partial charge in [-0.1, -0.05) is 31.4 Å². The molecule has 1 aliphatic heterocycles. The summed E-state index contributed by atoms with van der Waals surface area (Å²) in [5.41, 5.74) is 1.21. The molecule has 16 heavy (non-hydrogen) atoms. The molecule has 0 aromatic carbocycles. The van der Waals surface area contributed by atoms with Gasteiger partial charge in [-0.25, -0.2) is 0 Å². The number of hydrogen-bond donors (Lipinski definition) is 0. The Kier molecular flexibility index (Phi) is 6.04. The number of rotatable bonds is 6. The molecule has 0 amide bonds. The number of nitrogens with zero attached hydrogens (tertiary/aromatic N) is 1. The molecule has 1 rings (SSSR count). The fourth-order valence-corrected chi connectivity index (χ4v) is 1.98. The first kappa shape index (κ1) is 13.1. The van der Waals surface area contributed by atoms with Crippen LogP contribution in [-0.4, -0.2) is 30.8 Å². The molecule has 0 aliphatic carbocycles. The van der Waals surface area contributed by atoms with Crippen LogP contribution in [0.2, 0.25) is 0 Å². The van der Waals surface area contributed by atoms with E-state index < -0.39 is 0 Å². The molecule has 88 valence electrons. The van der Waals surface area contributed by atoms with Gasteiger partial charge in [0.15, 0.2) is 0 Å². The average molecular weight is 237 g/mol. The lowest BCUT2D eigenvalue weighted by Gasteiger charge is -2.25. The van der Waals surface area contributed by atoms with Crippen molar-refractivity contribution in [3.05, 3.63) is 48.8 Å². The zero-order valence-corrected chi connectivity index (χ0v) is 10.6. The quantitative estimate of drug-likeness (QED) is 0.520. The van der Waals surface area contributed by atoms with E-state index in [-0.39, 0.29) is 0 Å². The Labute approximate surface area is 103 Å². The van der Waals surface area contributed by atoms with Crippen LogP contribution in [0.5, 0.6) is 0 Å². The normalized spacial score (nSPS) is 17.8. The molecule has 0 radical (unpaired) electrons. The highest BCUT2D eigenvalue weighted by Crippen LogP contribution is 2.17. The third-order valence-corrected chi connectivity index (χ3v) is 2.82. The molecule has 0 fully saturated rings. The maximum absolute atomic E-state index is 5.41. The van der Waals surface area contributed by atoms with Crippen LogP contribution < -0.4 is 0 Å².